The lowest BCUT2D eigenvalue weighted by Crippen LogP contribution is -2.53. The maximum atomic E-state index is 14.0. The van der Waals surface area contributed by atoms with E-state index in [0.29, 0.717) is 4.73 Å². The zero-order valence-corrected chi connectivity index (χ0v) is 28.6. The van der Waals surface area contributed by atoms with Crippen molar-refractivity contribution in [2.45, 2.75) is 68.4 Å². The molecule has 0 spiro atoms. The first kappa shape index (κ1) is 36.7. The third-order valence-electron chi connectivity index (χ3n) is 7.10. The van der Waals surface area contributed by atoms with Crippen LogP contribution in [-0.4, -0.2) is 43.5 Å². The fourth-order valence-electron chi connectivity index (χ4n) is 4.60. The fraction of sp³-hybridized carbons (Fsp3) is 0.387. The fourth-order valence-corrected chi connectivity index (χ4v) is 7.64. The van der Waals surface area contributed by atoms with Crippen molar-refractivity contribution < 1.29 is 45.7 Å². The quantitative estimate of drug-likeness (QED) is 0.109. The number of rotatable bonds is 15. The highest BCUT2D eigenvalue weighted by molar-refractivity contribution is 8.14. The topological polar surface area (TPSA) is 135 Å². The van der Waals surface area contributed by atoms with Crippen molar-refractivity contribution in [3.05, 3.63) is 87.3 Å². The summed E-state index contributed by atoms with van der Waals surface area (Å²) in [6, 6.07) is 9.69. The van der Waals surface area contributed by atoms with E-state index in [9.17, 15) is 32.0 Å². The Morgan fingerprint density at radius 3 is 2.30 bits per heavy atom. The predicted molar refractivity (Wildman–Crippen MR) is 172 cm³/mol. The Hall–Kier alpha value is -3.17. The molecule has 2 atom stereocenters. The number of nitrogens with one attached hydrogen (secondary N) is 1. The van der Waals surface area contributed by atoms with E-state index in [1.807, 2.05) is 0 Å². The molecule has 0 amide bonds. The van der Waals surface area contributed by atoms with Crippen molar-refractivity contribution in [2.24, 2.45) is 5.92 Å². The maximum Gasteiger partial charge on any atom is 0.387 e. The van der Waals surface area contributed by atoms with Gasteiger partial charge in [-0.1, -0.05) is 59.2 Å². The van der Waals surface area contributed by atoms with Crippen LogP contribution in [0.15, 0.2) is 65.8 Å². The van der Waals surface area contributed by atoms with Gasteiger partial charge in [0.05, 0.1) is 11.5 Å². The maximum absolute atomic E-state index is 14.0. The molecule has 254 valence electrons. The van der Waals surface area contributed by atoms with Crippen LogP contribution in [0, 0.1) is 11.1 Å². The standard InChI is InChI=1S/C31H32Cl2F2N2O8S2/c1-18(38)46-31(2,3)28(36-47(41,42)21-7-5-4-6-8-21)29(39)44-26(14-22-23(32)15-37(40)16-24(22)33)20-11-12-25(45-30(34)35)27(13-20)43-17-19-9-10-19/h4-8,11-13,15-16,19,26,28,30,36H,9-10,14,17H2,1-3H3/t26-,28?/m0/s1. The minimum atomic E-state index is -4.30. The second-order valence-electron chi connectivity index (χ2n) is 11.3. The van der Waals surface area contributed by atoms with Crippen LogP contribution in [0.3, 0.4) is 0 Å². The molecular formula is C31H32Cl2F2N2O8S2. The summed E-state index contributed by atoms with van der Waals surface area (Å²) in [7, 11) is -4.30. The molecule has 16 heteroatoms. The van der Waals surface area contributed by atoms with E-state index in [-0.39, 0.29) is 61.6 Å². The largest absolute Gasteiger partial charge is 0.619 e. The second-order valence-corrected chi connectivity index (χ2v) is 15.7. The van der Waals surface area contributed by atoms with Gasteiger partial charge >= 0.3 is 12.6 Å². The average Bonchev–Trinajstić information content (AvgIpc) is 3.81. The van der Waals surface area contributed by atoms with Gasteiger partial charge in [0.15, 0.2) is 29.0 Å². The minimum Gasteiger partial charge on any atom is -0.619 e. The number of carbonyl (C=O) groups is 2. The smallest absolute Gasteiger partial charge is 0.387 e. The number of sulfonamides is 1. The van der Waals surface area contributed by atoms with Crippen LogP contribution in [0.1, 0.15) is 50.8 Å². The highest BCUT2D eigenvalue weighted by Gasteiger charge is 2.42. The van der Waals surface area contributed by atoms with Crippen molar-refractivity contribution in [2.75, 3.05) is 6.61 Å². The number of aromatic nitrogens is 1. The van der Waals surface area contributed by atoms with Gasteiger partial charge in [0.25, 0.3) is 0 Å². The first-order valence-electron chi connectivity index (χ1n) is 14.3. The Kier molecular flexibility index (Phi) is 12.0. The number of hydrogen-bond donors (Lipinski definition) is 1. The Bertz CT molecular complexity index is 1690. The van der Waals surface area contributed by atoms with E-state index in [4.69, 9.17) is 32.7 Å². The van der Waals surface area contributed by atoms with E-state index in [0.717, 1.165) is 37.0 Å². The van der Waals surface area contributed by atoms with Gasteiger partial charge in [0.2, 0.25) is 10.0 Å². The highest BCUT2D eigenvalue weighted by atomic mass is 35.5. The molecule has 1 N–H and O–H groups in total. The van der Waals surface area contributed by atoms with Gasteiger partial charge in [-0.2, -0.15) is 18.2 Å². The molecule has 1 fully saturated rings. The number of thioether (sulfide) groups is 1. The first-order chi connectivity index (χ1) is 22.1. The normalized spacial score (nSPS) is 14.8. The lowest BCUT2D eigenvalue weighted by Gasteiger charge is -2.33. The highest BCUT2D eigenvalue weighted by Crippen LogP contribution is 2.39. The molecule has 0 radical (unpaired) electrons. The van der Waals surface area contributed by atoms with Crippen LogP contribution in [-0.2, 0) is 30.8 Å². The minimum absolute atomic E-state index is 0.0350. The zero-order valence-electron chi connectivity index (χ0n) is 25.5. The molecule has 1 unspecified atom stereocenters. The van der Waals surface area contributed by atoms with E-state index in [2.05, 4.69) is 9.46 Å². The van der Waals surface area contributed by atoms with Crippen LogP contribution in [0.25, 0.3) is 0 Å². The van der Waals surface area contributed by atoms with Gasteiger partial charge in [0, 0.05) is 23.7 Å². The lowest BCUT2D eigenvalue weighted by atomic mass is 10.00. The van der Waals surface area contributed by atoms with Gasteiger partial charge in [0.1, 0.15) is 22.2 Å². The number of halogens is 4. The van der Waals surface area contributed by atoms with Crippen molar-refractivity contribution in [3.63, 3.8) is 0 Å². The number of esters is 1. The molecule has 1 aliphatic carbocycles. The summed E-state index contributed by atoms with van der Waals surface area (Å²) < 4.78 is 71.0. The molecule has 47 heavy (non-hydrogen) atoms. The van der Waals surface area contributed by atoms with E-state index in [1.54, 1.807) is 6.07 Å². The van der Waals surface area contributed by atoms with Crippen molar-refractivity contribution >= 4 is 56.1 Å². The molecule has 0 saturated heterocycles. The molecule has 0 bridgehead atoms. The summed E-state index contributed by atoms with van der Waals surface area (Å²) in [6.45, 7) is 1.39. The summed E-state index contributed by atoms with van der Waals surface area (Å²) in [5.74, 6) is -1.09. The lowest BCUT2D eigenvalue weighted by molar-refractivity contribution is -0.605. The van der Waals surface area contributed by atoms with Crippen molar-refractivity contribution in [1.82, 2.24) is 4.72 Å². The molecule has 10 nitrogen and oxygen atoms in total. The van der Waals surface area contributed by atoms with Crippen LogP contribution in [0.5, 0.6) is 11.5 Å². The summed E-state index contributed by atoms with van der Waals surface area (Å²) in [5.41, 5.74) is 0.448. The number of nitrogens with zero attached hydrogens (tertiary/aromatic N) is 1. The molecule has 0 aliphatic heterocycles. The zero-order chi connectivity index (χ0) is 34.5. The van der Waals surface area contributed by atoms with E-state index >= 15 is 0 Å². The van der Waals surface area contributed by atoms with Gasteiger partial charge in [-0.25, -0.2) is 8.42 Å². The summed E-state index contributed by atoms with van der Waals surface area (Å²) >= 11 is 13.4. The third kappa shape index (κ3) is 10.2. The van der Waals surface area contributed by atoms with Crippen molar-refractivity contribution in [1.29, 1.82) is 0 Å². The van der Waals surface area contributed by atoms with Crippen LogP contribution >= 0.6 is 35.0 Å². The molecule has 2 aromatic carbocycles. The molecule has 4 rings (SSSR count). The second kappa shape index (κ2) is 15.4. The van der Waals surface area contributed by atoms with Crippen LogP contribution in [0.2, 0.25) is 10.0 Å². The SMILES string of the molecule is CC(=O)SC(C)(C)C(NS(=O)(=O)c1ccccc1)C(=O)O[C@@H](Cc1c(Cl)c[n+]([O-])cc1Cl)c1ccc(OC(F)F)c(OCC2CC2)c1. The van der Waals surface area contributed by atoms with Gasteiger partial charge in [-0.05, 0) is 62.4 Å². The predicted octanol–water partition coefficient (Wildman–Crippen LogP) is 6.25. The van der Waals surface area contributed by atoms with Gasteiger partial charge in [-0.15, -0.1) is 0 Å². The Balaban J connectivity index is 1.77. The van der Waals surface area contributed by atoms with E-state index in [1.165, 1.54) is 63.2 Å². The number of pyridine rings is 1. The number of alkyl halides is 2. The Morgan fingerprint density at radius 1 is 1.09 bits per heavy atom. The van der Waals surface area contributed by atoms with E-state index < -0.39 is 39.5 Å². The number of ether oxygens (including phenoxy) is 3. The number of hydrogen-bond acceptors (Lipinski definition) is 9. The van der Waals surface area contributed by atoms with Gasteiger partial charge in [-0.3, -0.25) is 9.59 Å². The molecule has 3 aromatic rings. The Morgan fingerprint density at radius 2 is 1.72 bits per heavy atom. The summed E-state index contributed by atoms with van der Waals surface area (Å²) in [6.07, 6.45) is 2.45. The van der Waals surface area contributed by atoms with Crippen molar-refractivity contribution in [3.8, 4) is 11.5 Å². The average molecular weight is 734 g/mol. The molecule has 1 aliphatic rings. The third-order valence-corrected chi connectivity index (χ3v) is 10.2. The van der Waals surface area contributed by atoms with Crippen LogP contribution < -0.4 is 18.9 Å². The van der Waals surface area contributed by atoms with Crippen LogP contribution in [0.4, 0.5) is 8.78 Å². The number of carbonyl (C=O) groups excluding carboxylic acids is 2. The first-order valence-corrected chi connectivity index (χ1v) is 17.4. The molecule has 1 saturated carbocycles. The molecular weight excluding hydrogens is 701 g/mol. The summed E-state index contributed by atoms with van der Waals surface area (Å²) in [4.78, 5) is 26.1. The summed E-state index contributed by atoms with van der Waals surface area (Å²) in [5, 5.41) is 11.4. The van der Waals surface area contributed by atoms with Gasteiger partial charge < -0.3 is 19.4 Å². The monoisotopic (exact) mass is 732 g/mol. The number of benzene rings is 2. The molecule has 1 aromatic heterocycles. The Labute approximate surface area is 285 Å². The molecule has 1 heterocycles.